The first kappa shape index (κ1) is 10.3. The van der Waals surface area contributed by atoms with Crippen LogP contribution in [0.2, 0.25) is 0 Å². The van der Waals surface area contributed by atoms with Crippen LogP contribution in [-0.4, -0.2) is 39.2 Å². The lowest BCUT2D eigenvalue weighted by atomic mass is 10.6. The van der Waals surface area contributed by atoms with E-state index in [0.29, 0.717) is 0 Å². The van der Waals surface area contributed by atoms with Gasteiger partial charge in [-0.3, -0.25) is 5.41 Å². The third-order valence-corrected chi connectivity index (χ3v) is 2.53. The van der Waals surface area contributed by atoms with E-state index in [0.717, 1.165) is 4.31 Å². The van der Waals surface area contributed by atoms with Crippen molar-refractivity contribution in [2.45, 2.75) is 0 Å². The average molecular weight is 180 g/mol. The predicted molar refractivity (Wildman–Crippen MR) is 42.5 cm³/mol. The summed E-state index contributed by atoms with van der Waals surface area (Å²) in [6.07, 6.45) is 0. The van der Waals surface area contributed by atoms with Crippen LogP contribution >= 0.6 is 0 Å². The molecule has 0 radical (unpaired) electrons. The molecule has 0 heterocycles. The smallest absolute Gasteiger partial charge is 0.279 e. The maximum atomic E-state index is 10.9. The van der Waals surface area contributed by atoms with Crippen molar-refractivity contribution in [1.29, 1.82) is 5.41 Å². The monoisotopic (exact) mass is 180 g/mol. The molecule has 0 atom stereocenters. The molecule has 66 valence electrons. The number of likely N-dealkylation sites (N-methyl/N-ethyl adjacent to an activating group) is 1. The molecule has 0 aromatic heterocycles. The van der Waals surface area contributed by atoms with Gasteiger partial charge in [0, 0.05) is 14.1 Å². The molecular weight excluding hydrogens is 168 g/mol. The van der Waals surface area contributed by atoms with Gasteiger partial charge < -0.3 is 5.73 Å². The Morgan fingerprint density at radius 1 is 1.73 bits per heavy atom. The van der Waals surface area contributed by atoms with Crippen LogP contribution in [0.25, 0.3) is 0 Å². The molecule has 0 aliphatic heterocycles. The van der Waals surface area contributed by atoms with Crippen molar-refractivity contribution in [3.8, 4) is 0 Å². The fraction of sp³-hybridized carbons (Fsp3) is 0.750. The highest BCUT2D eigenvalue weighted by Crippen LogP contribution is 1.89. The van der Waals surface area contributed by atoms with Crippen LogP contribution in [0.15, 0.2) is 0 Å². The molecular formula is C4H12N4O2S. The highest BCUT2D eigenvalue weighted by molar-refractivity contribution is 7.87. The second kappa shape index (κ2) is 3.65. The van der Waals surface area contributed by atoms with Crippen molar-refractivity contribution in [3.63, 3.8) is 0 Å². The summed E-state index contributed by atoms with van der Waals surface area (Å²) in [5.74, 6) is -0.189. The predicted octanol–water partition coefficient (Wildman–Crippen LogP) is -1.68. The van der Waals surface area contributed by atoms with Gasteiger partial charge in [0.2, 0.25) is 0 Å². The van der Waals surface area contributed by atoms with Gasteiger partial charge >= 0.3 is 0 Å². The first-order valence-electron chi connectivity index (χ1n) is 2.88. The van der Waals surface area contributed by atoms with E-state index in [-0.39, 0.29) is 12.4 Å². The minimum Gasteiger partial charge on any atom is -0.387 e. The van der Waals surface area contributed by atoms with Crippen LogP contribution in [0.4, 0.5) is 0 Å². The molecule has 0 aromatic carbocycles. The van der Waals surface area contributed by atoms with Crippen LogP contribution in [0.3, 0.4) is 0 Å². The normalized spacial score (nSPS) is 11.9. The van der Waals surface area contributed by atoms with Crippen molar-refractivity contribution in [3.05, 3.63) is 0 Å². The summed E-state index contributed by atoms with van der Waals surface area (Å²) in [5, 5.41) is 6.82. The number of nitrogens with zero attached hydrogens (tertiary/aromatic N) is 1. The van der Waals surface area contributed by atoms with Gasteiger partial charge in [-0.1, -0.05) is 0 Å². The Kier molecular flexibility index (Phi) is 3.43. The Morgan fingerprint density at radius 3 is 2.45 bits per heavy atom. The lowest BCUT2D eigenvalue weighted by molar-refractivity contribution is 0.496. The van der Waals surface area contributed by atoms with Crippen molar-refractivity contribution in [2.75, 3.05) is 20.6 Å². The van der Waals surface area contributed by atoms with Crippen molar-refractivity contribution < 1.29 is 8.42 Å². The largest absolute Gasteiger partial charge is 0.387 e. The molecule has 0 saturated carbocycles. The number of rotatable bonds is 4. The summed E-state index contributed by atoms with van der Waals surface area (Å²) in [4.78, 5) is 0. The van der Waals surface area contributed by atoms with Gasteiger partial charge in [0.1, 0.15) is 5.84 Å². The molecule has 4 N–H and O–H groups in total. The summed E-state index contributed by atoms with van der Waals surface area (Å²) in [6, 6.07) is 0. The summed E-state index contributed by atoms with van der Waals surface area (Å²) in [5.41, 5.74) is 4.99. The van der Waals surface area contributed by atoms with E-state index < -0.39 is 10.2 Å². The van der Waals surface area contributed by atoms with E-state index in [1.165, 1.54) is 14.1 Å². The Morgan fingerprint density at radius 2 is 2.18 bits per heavy atom. The first-order chi connectivity index (χ1) is 4.90. The lowest BCUT2D eigenvalue weighted by Gasteiger charge is -2.14. The van der Waals surface area contributed by atoms with E-state index in [4.69, 9.17) is 11.1 Å². The fourth-order valence-electron chi connectivity index (χ4n) is 0.481. The maximum Gasteiger partial charge on any atom is 0.279 e. The molecule has 11 heavy (non-hydrogen) atoms. The number of hydrogen-bond acceptors (Lipinski definition) is 3. The molecule has 0 unspecified atom stereocenters. The molecule has 0 spiro atoms. The van der Waals surface area contributed by atoms with Crippen LogP contribution in [0.5, 0.6) is 0 Å². The number of nitrogens with one attached hydrogen (secondary N) is 2. The number of hydrogen-bond donors (Lipinski definition) is 3. The Balaban J connectivity index is 4.26. The number of amidine groups is 1. The Hall–Kier alpha value is -0.660. The van der Waals surface area contributed by atoms with E-state index in [9.17, 15) is 8.42 Å². The second-order valence-corrected chi connectivity index (χ2v) is 3.97. The molecule has 0 aliphatic carbocycles. The summed E-state index contributed by atoms with van der Waals surface area (Å²) < 4.78 is 24.8. The molecule has 7 heteroatoms. The van der Waals surface area contributed by atoms with Crippen molar-refractivity contribution >= 4 is 16.0 Å². The topological polar surface area (TPSA) is 99.3 Å². The quantitative estimate of drug-likeness (QED) is 0.356. The maximum absolute atomic E-state index is 10.9. The molecule has 0 rings (SSSR count). The van der Waals surface area contributed by atoms with Gasteiger partial charge in [0.25, 0.3) is 10.2 Å². The Bertz CT molecular complexity index is 234. The minimum atomic E-state index is -3.43. The standard InChI is InChI=1S/C4H12N4O2S/c1-7-11(9,10)8(2)3-4(5)6/h7H,3H2,1-2H3,(H3,5,6). The zero-order valence-electron chi connectivity index (χ0n) is 6.46. The third kappa shape index (κ3) is 3.30. The average Bonchev–Trinajstić information content (AvgIpc) is 1.86. The third-order valence-electron chi connectivity index (χ3n) is 1.06. The van der Waals surface area contributed by atoms with Crippen molar-refractivity contribution in [1.82, 2.24) is 9.03 Å². The van der Waals surface area contributed by atoms with Crippen molar-refractivity contribution in [2.24, 2.45) is 5.73 Å². The molecule has 0 bridgehead atoms. The van der Waals surface area contributed by atoms with Gasteiger partial charge in [-0.25, -0.2) is 4.72 Å². The van der Waals surface area contributed by atoms with Gasteiger partial charge in [0.05, 0.1) is 6.54 Å². The minimum absolute atomic E-state index is 0.0941. The highest BCUT2D eigenvalue weighted by Gasteiger charge is 2.14. The van der Waals surface area contributed by atoms with Crippen LogP contribution in [-0.2, 0) is 10.2 Å². The van der Waals surface area contributed by atoms with Crippen LogP contribution in [0, 0.1) is 5.41 Å². The summed E-state index contributed by atoms with van der Waals surface area (Å²) in [7, 11) is -0.793. The molecule has 0 aromatic rings. The SMILES string of the molecule is CNS(=O)(=O)N(C)CC(=N)N. The first-order valence-corrected chi connectivity index (χ1v) is 4.32. The molecule has 6 nitrogen and oxygen atoms in total. The van der Waals surface area contributed by atoms with Gasteiger partial charge in [0.15, 0.2) is 0 Å². The lowest BCUT2D eigenvalue weighted by Crippen LogP contribution is -2.40. The zero-order valence-corrected chi connectivity index (χ0v) is 7.27. The summed E-state index contributed by atoms with van der Waals surface area (Å²) >= 11 is 0. The number of nitrogens with two attached hydrogens (primary N) is 1. The van der Waals surface area contributed by atoms with Gasteiger partial charge in [-0.15, -0.1) is 0 Å². The Labute approximate surface area is 66.1 Å². The molecule has 0 amide bonds. The van der Waals surface area contributed by atoms with E-state index in [1.807, 2.05) is 0 Å². The molecule has 0 fully saturated rings. The van der Waals surface area contributed by atoms with Gasteiger partial charge in [-0.2, -0.15) is 12.7 Å². The zero-order chi connectivity index (χ0) is 9.07. The molecule has 0 aliphatic rings. The van der Waals surface area contributed by atoms with Crippen LogP contribution in [0.1, 0.15) is 0 Å². The van der Waals surface area contributed by atoms with E-state index in [1.54, 1.807) is 0 Å². The molecule has 0 saturated heterocycles. The second-order valence-electron chi connectivity index (χ2n) is 1.99. The van der Waals surface area contributed by atoms with E-state index >= 15 is 0 Å². The van der Waals surface area contributed by atoms with E-state index in [2.05, 4.69) is 4.72 Å². The van der Waals surface area contributed by atoms with Gasteiger partial charge in [-0.05, 0) is 0 Å². The summed E-state index contributed by atoms with van der Waals surface area (Å²) in [6.45, 7) is -0.0941. The highest BCUT2D eigenvalue weighted by atomic mass is 32.2. The fourth-order valence-corrected chi connectivity index (χ4v) is 1.10. The van der Waals surface area contributed by atoms with Crippen LogP contribution < -0.4 is 10.5 Å².